The van der Waals surface area contributed by atoms with Gasteiger partial charge in [0.05, 0.1) is 0 Å². The van der Waals surface area contributed by atoms with E-state index in [1.165, 1.54) is 201 Å². The van der Waals surface area contributed by atoms with Gasteiger partial charge in [-0.2, -0.15) is 0 Å². The highest BCUT2D eigenvalue weighted by molar-refractivity contribution is 7.03. The Labute approximate surface area is 634 Å². The summed E-state index contributed by atoms with van der Waals surface area (Å²) in [6.45, 7) is 10.2. The molecule has 0 spiro atoms. The van der Waals surface area contributed by atoms with Gasteiger partial charge < -0.3 is 19.6 Å². The molecule has 0 N–H and O–H groups in total. The first-order valence-corrected chi connectivity index (χ1v) is 38.0. The summed E-state index contributed by atoms with van der Waals surface area (Å²) in [5, 5.41) is 0. The Balaban J connectivity index is 0.0000000919. The van der Waals surface area contributed by atoms with E-state index in [2.05, 4.69) is 411 Å². The Hall–Kier alpha value is -13.0. The van der Waals surface area contributed by atoms with Crippen LogP contribution in [0, 0.1) is 27.7 Å². The monoisotopic (exact) mass is 1370 g/mol. The number of hydrogen-bond acceptors (Lipinski definition) is 4. The first-order chi connectivity index (χ1) is 53.4. The number of rotatable bonds is 4. The van der Waals surface area contributed by atoms with Crippen molar-refractivity contribution in [2.75, 3.05) is 19.6 Å². The number of anilines is 12. The lowest BCUT2D eigenvalue weighted by Crippen LogP contribution is -2.54. The zero-order valence-corrected chi connectivity index (χ0v) is 60.7. The summed E-state index contributed by atoms with van der Waals surface area (Å²) in [5.74, 6) is 0. The van der Waals surface area contributed by atoms with E-state index in [1.54, 1.807) is 0 Å². The van der Waals surface area contributed by atoms with Crippen LogP contribution in [0.25, 0.3) is 44.5 Å². The first-order valence-electron chi connectivity index (χ1n) is 38.0. The van der Waals surface area contributed by atoms with Gasteiger partial charge in [-0.25, -0.2) is 0 Å². The highest BCUT2D eigenvalue weighted by Gasteiger charge is 2.47. The lowest BCUT2D eigenvalue weighted by atomic mass is 9.37. The molecule has 0 aliphatic carbocycles. The molecule has 504 valence electrons. The zero-order valence-electron chi connectivity index (χ0n) is 60.7. The molecular formula is C100H72B4N4. The highest BCUT2D eigenvalue weighted by atomic mass is 15.2. The Morgan fingerprint density at radius 2 is 0.528 bits per heavy atom. The summed E-state index contributed by atoms with van der Waals surface area (Å²) in [6, 6.07) is 133. The van der Waals surface area contributed by atoms with Crippen molar-refractivity contribution in [3.8, 4) is 44.5 Å². The van der Waals surface area contributed by atoms with Crippen LogP contribution in [-0.2, 0) is 0 Å². The molecule has 0 saturated carbocycles. The fraction of sp³-hybridized carbons (Fsp3) is 0.0400. The summed E-state index contributed by atoms with van der Waals surface area (Å²) in [4.78, 5) is 9.76. The molecule has 8 aliphatic rings. The minimum absolute atomic E-state index is 0.322. The summed E-state index contributed by atoms with van der Waals surface area (Å²) < 4.78 is 0. The predicted octanol–water partition coefficient (Wildman–Crippen LogP) is 17.1. The van der Waals surface area contributed by atoms with Crippen LogP contribution in [0.15, 0.2) is 364 Å². The normalized spacial score (nSPS) is 13.2. The molecule has 16 aromatic rings. The third-order valence-corrected chi connectivity index (χ3v) is 23.9. The van der Waals surface area contributed by atoms with Gasteiger partial charge in [0, 0.05) is 68.2 Å². The maximum Gasteiger partial charge on any atom is 0.248 e. The molecule has 0 saturated heterocycles. The second-order valence-electron chi connectivity index (χ2n) is 29.8. The molecule has 8 heteroatoms. The summed E-state index contributed by atoms with van der Waals surface area (Å²) in [5.41, 5.74) is 48.8. The predicted molar refractivity (Wildman–Crippen MR) is 464 cm³/mol. The minimum Gasteiger partial charge on any atom is -0.312 e. The van der Waals surface area contributed by atoms with E-state index in [-0.39, 0.29) is 0 Å². The van der Waals surface area contributed by atoms with E-state index in [4.69, 9.17) is 0 Å². The number of para-hydroxylation sites is 8. The van der Waals surface area contributed by atoms with E-state index in [0.29, 0.717) is 26.9 Å². The fourth-order valence-corrected chi connectivity index (χ4v) is 19.6. The van der Waals surface area contributed by atoms with Crippen LogP contribution < -0.4 is 85.2 Å². The Kier molecular flexibility index (Phi) is 14.9. The maximum atomic E-state index is 2.45. The lowest BCUT2D eigenvalue weighted by Gasteiger charge is -2.37. The molecule has 108 heavy (non-hydrogen) atoms. The van der Waals surface area contributed by atoms with E-state index in [1.807, 2.05) is 0 Å². The van der Waals surface area contributed by atoms with Gasteiger partial charge >= 0.3 is 0 Å². The highest BCUT2D eigenvalue weighted by Crippen LogP contribution is 2.47. The van der Waals surface area contributed by atoms with Gasteiger partial charge in [-0.1, -0.05) is 301 Å². The lowest BCUT2D eigenvalue weighted by molar-refractivity contribution is 1.26. The molecule has 0 unspecified atom stereocenters. The average molecular weight is 1370 g/mol. The van der Waals surface area contributed by atoms with Crippen molar-refractivity contribution in [3.63, 3.8) is 0 Å². The van der Waals surface area contributed by atoms with Crippen LogP contribution in [0.5, 0.6) is 0 Å². The summed E-state index contributed by atoms with van der Waals surface area (Å²) in [6.07, 6.45) is 0. The number of fused-ring (bicyclic) bond motifs is 20. The van der Waals surface area contributed by atoms with Gasteiger partial charge in [-0.15, -0.1) is 0 Å². The Morgan fingerprint density at radius 3 is 1.06 bits per heavy atom. The van der Waals surface area contributed by atoms with E-state index < -0.39 is 0 Å². The van der Waals surface area contributed by atoms with Gasteiger partial charge in [-0.05, 0) is 223 Å². The molecule has 16 aromatic carbocycles. The smallest absolute Gasteiger partial charge is 0.248 e. The molecule has 0 aromatic heterocycles. The van der Waals surface area contributed by atoms with E-state index >= 15 is 0 Å². The molecule has 8 heterocycles. The number of benzene rings is 16. The van der Waals surface area contributed by atoms with Crippen molar-refractivity contribution < 1.29 is 0 Å². The standard InChI is InChI=1S/4C25H18BN/c1-17-9-2-6-14-22(17)27-23-15-7-5-13-21(23)26-20-12-4-3-10-18(20)19-11-8-16-24(27)25(19)26;1-17-15-20-19-11-5-6-12-21(19)26-22-13-7-8-14-23(22)27(24(16-17)25(20)26)18-9-3-2-4-10-18;1-17-15-16-20-19-11-5-6-12-21(19)26-22-13-7-8-14-23(22)27(25(17)24(20)26)18-9-3-2-4-10-18;1-17-15-16-23-25-24(17)19-11-5-6-12-20(19)26(25)21-13-7-8-14-22(21)27(23)18-9-3-2-4-10-18/h4*2-16H,1H3. The quantitative estimate of drug-likeness (QED) is 0.163. The average Bonchev–Trinajstić information content (AvgIpc) is 1.53. The first kappa shape index (κ1) is 63.5. The number of aryl methyl sites for hydroxylation is 4. The van der Waals surface area contributed by atoms with Crippen molar-refractivity contribution in [2.45, 2.75) is 27.7 Å². The van der Waals surface area contributed by atoms with Gasteiger partial charge in [0.1, 0.15) is 0 Å². The van der Waals surface area contributed by atoms with Crippen LogP contribution in [-0.4, -0.2) is 26.9 Å². The molecule has 0 fully saturated rings. The molecule has 0 atom stereocenters. The molecule has 8 aliphatic heterocycles. The van der Waals surface area contributed by atoms with Crippen LogP contribution in [0.2, 0.25) is 0 Å². The molecular weight excluding hydrogens is 1300 g/mol. The SMILES string of the molecule is Cc1cc2c3c(c1)N(c1ccccc1)c1ccccc1B3c1ccccc1-2.Cc1ccc2c3c1-c1ccccc1B3c1ccccc1N2c1ccccc1.Cc1ccc2c3c1N(c1ccccc1)c1ccccc1B3c1ccccc1-2.Cc1ccccc1N1c2ccccc2B2c3ccccc3-c3cccc1c32. The van der Waals surface area contributed by atoms with Gasteiger partial charge in [0.25, 0.3) is 0 Å². The van der Waals surface area contributed by atoms with Gasteiger partial charge in [-0.3, -0.25) is 0 Å². The van der Waals surface area contributed by atoms with Crippen molar-refractivity contribution in [2.24, 2.45) is 0 Å². The minimum atomic E-state index is 0.322. The van der Waals surface area contributed by atoms with Gasteiger partial charge in [0.2, 0.25) is 26.9 Å². The third kappa shape index (κ3) is 9.62. The van der Waals surface area contributed by atoms with Crippen LogP contribution in [0.4, 0.5) is 68.2 Å². The summed E-state index contributed by atoms with van der Waals surface area (Å²) in [7, 11) is 0. The fourth-order valence-electron chi connectivity index (χ4n) is 19.6. The molecule has 4 nitrogen and oxygen atoms in total. The molecule has 0 bridgehead atoms. The van der Waals surface area contributed by atoms with Crippen LogP contribution >= 0.6 is 0 Å². The van der Waals surface area contributed by atoms with Gasteiger partial charge in [0.15, 0.2) is 0 Å². The van der Waals surface area contributed by atoms with Crippen LogP contribution in [0.1, 0.15) is 22.3 Å². The molecule has 24 rings (SSSR count). The largest absolute Gasteiger partial charge is 0.312 e. The van der Waals surface area contributed by atoms with E-state index in [9.17, 15) is 0 Å². The zero-order chi connectivity index (χ0) is 71.8. The topological polar surface area (TPSA) is 13.0 Å². The van der Waals surface area contributed by atoms with Crippen molar-refractivity contribution in [1.82, 2.24) is 0 Å². The second kappa shape index (κ2) is 25.4. The Morgan fingerprint density at radius 1 is 0.185 bits per heavy atom. The third-order valence-electron chi connectivity index (χ3n) is 23.9. The Bertz CT molecular complexity index is 6250. The molecule has 0 amide bonds. The van der Waals surface area contributed by atoms with Crippen LogP contribution in [0.3, 0.4) is 0 Å². The summed E-state index contributed by atoms with van der Waals surface area (Å²) >= 11 is 0. The molecule has 0 radical (unpaired) electrons. The van der Waals surface area contributed by atoms with E-state index in [0.717, 1.165) is 0 Å². The van der Waals surface area contributed by atoms with Crippen molar-refractivity contribution in [3.05, 3.63) is 386 Å². The maximum absolute atomic E-state index is 2.45. The number of nitrogens with zero attached hydrogens (tertiary/aromatic N) is 4. The number of hydrogen-bond donors (Lipinski definition) is 0. The van der Waals surface area contributed by atoms with Crippen molar-refractivity contribution in [1.29, 1.82) is 0 Å². The second-order valence-corrected chi connectivity index (χ2v) is 29.8. The van der Waals surface area contributed by atoms with Crippen molar-refractivity contribution >= 4 is 161 Å².